The van der Waals surface area contributed by atoms with Gasteiger partial charge in [0.2, 0.25) is 0 Å². The summed E-state index contributed by atoms with van der Waals surface area (Å²) in [7, 11) is 0. The molecular formula is C24H31NO4. The topological polar surface area (TPSA) is 75.6 Å². The fourth-order valence-corrected chi connectivity index (χ4v) is 7.25. The minimum Gasteiger partial charge on any atom is -0.456 e. The number of hydrogen-bond acceptors (Lipinski definition) is 4. The lowest BCUT2D eigenvalue weighted by Crippen LogP contribution is -2.56. The van der Waals surface area contributed by atoms with E-state index in [-0.39, 0.29) is 29.9 Å². The molecule has 5 aliphatic carbocycles. The highest BCUT2D eigenvalue weighted by atomic mass is 16.5. The molecule has 4 saturated carbocycles. The van der Waals surface area contributed by atoms with Crippen LogP contribution >= 0.6 is 0 Å². The maximum atomic E-state index is 12.5. The molecule has 0 spiro atoms. The number of carbonyl (C=O) groups excluding carboxylic acids is 2. The average molecular weight is 398 g/mol. The van der Waals surface area contributed by atoms with Crippen LogP contribution in [0.3, 0.4) is 0 Å². The van der Waals surface area contributed by atoms with E-state index in [2.05, 4.69) is 17.4 Å². The number of aliphatic hydroxyl groups is 1. The van der Waals surface area contributed by atoms with Crippen molar-refractivity contribution in [2.75, 3.05) is 6.61 Å². The van der Waals surface area contributed by atoms with Crippen molar-refractivity contribution in [2.24, 2.45) is 17.3 Å². The number of esters is 1. The van der Waals surface area contributed by atoms with Crippen molar-refractivity contribution in [3.8, 4) is 0 Å². The van der Waals surface area contributed by atoms with Gasteiger partial charge in [0.15, 0.2) is 6.61 Å². The van der Waals surface area contributed by atoms with Crippen LogP contribution in [0.5, 0.6) is 0 Å². The third-order valence-electron chi connectivity index (χ3n) is 7.74. The molecule has 156 valence electrons. The monoisotopic (exact) mass is 397 g/mol. The van der Waals surface area contributed by atoms with Crippen LogP contribution in [0.25, 0.3) is 0 Å². The Labute approximate surface area is 172 Å². The van der Waals surface area contributed by atoms with Gasteiger partial charge in [-0.25, -0.2) is 0 Å². The SMILES string of the molecule is O=C(COC(=O)CC12C[C@@H]3C[C@@H](CC(O)(C3)C1)C2)N[C@@H]1CCCc2ccccc21. The first-order valence-electron chi connectivity index (χ1n) is 11.2. The van der Waals surface area contributed by atoms with Crippen LogP contribution in [-0.4, -0.2) is 29.2 Å². The van der Waals surface area contributed by atoms with Crippen molar-refractivity contribution in [1.82, 2.24) is 5.32 Å². The quantitative estimate of drug-likeness (QED) is 0.747. The summed E-state index contributed by atoms with van der Waals surface area (Å²) < 4.78 is 5.37. The molecule has 6 rings (SSSR count). The van der Waals surface area contributed by atoms with Gasteiger partial charge in [0.05, 0.1) is 18.1 Å². The predicted octanol–water partition coefficient (Wildman–Crippen LogP) is 3.44. The Bertz CT molecular complexity index is 805. The van der Waals surface area contributed by atoms with E-state index in [1.165, 1.54) is 17.5 Å². The van der Waals surface area contributed by atoms with Gasteiger partial charge in [0.25, 0.3) is 5.91 Å². The van der Waals surface area contributed by atoms with E-state index in [0.29, 0.717) is 24.7 Å². The number of ether oxygens (including phenoxy) is 1. The van der Waals surface area contributed by atoms with Gasteiger partial charge in [-0.3, -0.25) is 9.59 Å². The van der Waals surface area contributed by atoms with Crippen LogP contribution in [0.1, 0.15) is 75.0 Å². The van der Waals surface area contributed by atoms with Crippen molar-refractivity contribution in [3.63, 3.8) is 0 Å². The third-order valence-corrected chi connectivity index (χ3v) is 7.74. The lowest BCUT2D eigenvalue weighted by molar-refractivity contribution is -0.177. The first kappa shape index (κ1) is 19.1. The third kappa shape index (κ3) is 3.81. The molecule has 1 amide bonds. The zero-order chi connectivity index (χ0) is 20.1. The van der Waals surface area contributed by atoms with Crippen LogP contribution in [0.4, 0.5) is 0 Å². The Hall–Kier alpha value is -1.88. The minimum atomic E-state index is -0.573. The van der Waals surface area contributed by atoms with Crippen molar-refractivity contribution < 1.29 is 19.4 Å². The Morgan fingerprint density at radius 2 is 1.90 bits per heavy atom. The lowest BCUT2D eigenvalue weighted by atomic mass is 9.47. The van der Waals surface area contributed by atoms with E-state index in [1.54, 1.807) is 0 Å². The van der Waals surface area contributed by atoms with Gasteiger partial charge in [-0.1, -0.05) is 24.3 Å². The highest BCUT2D eigenvalue weighted by Crippen LogP contribution is 2.62. The first-order chi connectivity index (χ1) is 13.9. The van der Waals surface area contributed by atoms with E-state index in [0.717, 1.165) is 44.9 Å². The molecule has 5 aliphatic rings. The van der Waals surface area contributed by atoms with E-state index >= 15 is 0 Å². The molecule has 1 aromatic carbocycles. The number of amides is 1. The van der Waals surface area contributed by atoms with Gasteiger partial charge in [-0.2, -0.15) is 0 Å². The summed E-state index contributed by atoms with van der Waals surface area (Å²) in [5.41, 5.74) is 1.78. The number of fused-ring (bicyclic) bond motifs is 1. The van der Waals surface area contributed by atoms with Gasteiger partial charge >= 0.3 is 5.97 Å². The maximum absolute atomic E-state index is 12.5. The molecule has 0 aliphatic heterocycles. The fraction of sp³-hybridized carbons (Fsp3) is 0.667. The van der Waals surface area contributed by atoms with Crippen LogP contribution in [-0.2, 0) is 20.7 Å². The number of carbonyl (C=O) groups is 2. The molecule has 0 radical (unpaired) electrons. The van der Waals surface area contributed by atoms with Crippen LogP contribution in [0.2, 0.25) is 0 Å². The van der Waals surface area contributed by atoms with Crippen LogP contribution in [0, 0.1) is 17.3 Å². The summed E-state index contributed by atoms with van der Waals surface area (Å²) in [6, 6.07) is 8.23. The second kappa shape index (κ2) is 7.12. The Morgan fingerprint density at radius 3 is 2.66 bits per heavy atom. The Morgan fingerprint density at radius 1 is 1.14 bits per heavy atom. The number of hydrogen-bond donors (Lipinski definition) is 2. The van der Waals surface area contributed by atoms with Crippen LogP contribution in [0.15, 0.2) is 24.3 Å². The molecule has 0 aromatic heterocycles. The van der Waals surface area contributed by atoms with E-state index in [9.17, 15) is 14.7 Å². The molecule has 5 heteroatoms. The van der Waals surface area contributed by atoms with Gasteiger partial charge in [0, 0.05) is 0 Å². The maximum Gasteiger partial charge on any atom is 0.306 e. The van der Waals surface area contributed by atoms with Gasteiger partial charge < -0.3 is 15.2 Å². The largest absolute Gasteiger partial charge is 0.456 e. The standard InChI is InChI=1S/C24H31NO4/c26-21(25-20-7-3-5-18-4-1-2-6-19(18)20)14-29-22(27)13-23-9-16-8-17(10-23)12-24(28,11-16)15-23/h1-2,4,6,16-17,20,28H,3,5,7-15H2,(H,25,26)/t16-,17+,20-,23?,24?/m1/s1. The number of nitrogens with one attached hydrogen (secondary N) is 1. The molecule has 0 heterocycles. The molecule has 5 nitrogen and oxygen atoms in total. The summed E-state index contributed by atoms with van der Waals surface area (Å²) in [6.45, 7) is -0.218. The Balaban J connectivity index is 1.14. The molecule has 4 fully saturated rings. The summed E-state index contributed by atoms with van der Waals surface area (Å²) in [5.74, 6) is 0.561. The molecule has 2 N–H and O–H groups in total. The van der Waals surface area contributed by atoms with Crippen molar-refractivity contribution >= 4 is 11.9 Å². The minimum absolute atomic E-state index is 0.00329. The summed E-state index contributed by atoms with van der Waals surface area (Å²) >= 11 is 0. The summed E-state index contributed by atoms with van der Waals surface area (Å²) in [5, 5.41) is 13.9. The van der Waals surface area contributed by atoms with Gasteiger partial charge in [-0.15, -0.1) is 0 Å². The zero-order valence-electron chi connectivity index (χ0n) is 17.0. The van der Waals surface area contributed by atoms with E-state index in [1.807, 2.05) is 12.1 Å². The van der Waals surface area contributed by atoms with E-state index < -0.39 is 5.60 Å². The number of rotatable bonds is 5. The number of benzene rings is 1. The molecule has 5 atom stereocenters. The van der Waals surface area contributed by atoms with Gasteiger partial charge in [-0.05, 0) is 86.2 Å². The average Bonchev–Trinajstić information content (AvgIpc) is 2.64. The molecule has 4 bridgehead atoms. The van der Waals surface area contributed by atoms with Crippen molar-refractivity contribution in [2.45, 2.75) is 75.9 Å². The normalized spacial score (nSPS) is 37.1. The van der Waals surface area contributed by atoms with Crippen molar-refractivity contribution in [3.05, 3.63) is 35.4 Å². The molecular weight excluding hydrogens is 366 g/mol. The molecule has 1 aromatic rings. The van der Waals surface area contributed by atoms with Gasteiger partial charge in [0.1, 0.15) is 0 Å². The summed E-state index contributed by atoms with van der Waals surface area (Å²) in [6.07, 6.45) is 9.10. The molecule has 2 unspecified atom stereocenters. The Kier molecular flexibility index (Phi) is 4.69. The summed E-state index contributed by atoms with van der Waals surface area (Å²) in [4.78, 5) is 25.0. The smallest absolute Gasteiger partial charge is 0.306 e. The molecule has 0 saturated heterocycles. The zero-order valence-corrected chi connectivity index (χ0v) is 17.0. The van der Waals surface area contributed by atoms with E-state index in [4.69, 9.17) is 4.74 Å². The second-order valence-electron chi connectivity index (χ2n) is 10.2. The van der Waals surface area contributed by atoms with Crippen molar-refractivity contribution in [1.29, 1.82) is 0 Å². The van der Waals surface area contributed by atoms with Crippen LogP contribution < -0.4 is 5.32 Å². The first-order valence-corrected chi connectivity index (χ1v) is 11.2. The molecule has 29 heavy (non-hydrogen) atoms. The highest BCUT2D eigenvalue weighted by Gasteiger charge is 2.57. The number of aryl methyl sites for hydroxylation is 1. The second-order valence-corrected chi connectivity index (χ2v) is 10.2. The predicted molar refractivity (Wildman–Crippen MR) is 108 cm³/mol. The lowest BCUT2D eigenvalue weighted by Gasteiger charge is -2.60. The highest BCUT2D eigenvalue weighted by molar-refractivity contribution is 5.81. The fourth-order valence-electron chi connectivity index (χ4n) is 7.25.